The summed E-state index contributed by atoms with van der Waals surface area (Å²) in [5, 5.41) is 28.6. The van der Waals surface area contributed by atoms with Crippen LogP contribution in [0.3, 0.4) is 0 Å². The third kappa shape index (κ3) is 5.59. The Morgan fingerprint density at radius 3 is 2.37 bits per heavy atom. The van der Waals surface area contributed by atoms with Crippen LogP contribution in [0.1, 0.15) is 42.2 Å². The number of aliphatic carboxylic acids is 1. The van der Waals surface area contributed by atoms with E-state index in [1.165, 1.54) is 15.6 Å². The Morgan fingerprint density at radius 2 is 1.79 bits per heavy atom. The maximum Gasteiger partial charge on any atom is 0.324 e. The first-order valence-corrected chi connectivity index (χ1v) is 13.0. The van der Waals surface area contributed by atoms with E-state index in [9.17, 15) is 20.0 Å². The molecule has 1 fully saturated rings. The molecule has 2 heterocycles. The Morgan fingerprint density at radius 1 is 1.13 bits per heavy atom. The number of ether oxygens (including phenoxy) is 1. The number of amides is 1. The number of nitrogens with zero attached hydrogens (tertiary/aromatic N) is 4. The van der Waals surface area contributed by atoms with Gasteiger partial charge >= 0.3 is 5.97 Å². The number of benzene rings is 2. The molecule has 1 aromatic heterocycles. The number of carbonyl (C=O) groups is 2. The van der Waals surface area contributed by atoms with Crippen LogP contribution in [0.5, 0.6) is 11.6 Å². The summed E-state index contributed by atoms with van der Waals surface area (Å²) in [6.07, 6.45) is 1.21. The monoisotopic (exact) mass is 575 g/mol. The molecule has 9 nitrogen and oxygen atoms in total. The molecular weight excluding hydrogens is 553 g/mol. The normalized spacial score (nSPS) is 14.7. The van der Waals surface area contributed by atoms with Crippen LogP contribution < -0.4 is 10.1 Å². The van der Waals surface area contributed by atoms with Crippen molar-refractivity contribution in [1.82, 2.24) is 20.0 Å². The molecule has 38 heavy (non-hydrogen) atoms. The fraction of sp³-hybridized carbons (Fsp3) is 0.308. The zero-order chi connectivity index (χ0) is 27.4. The van der Waals surface area contributed by atoms with Crippen molar-refractivity contribution in [2.24, 2.45) is 0 Å². The van der Waals surface area contributed by atoms with E-state index in [-0.39, 0.29) is 48.1 Å². The Bertz CT molecular complexity index is 1390. The zero-order valence-electron chi connectivity index (χ0n) is 20.4. The molecule has 0 atom stereocenters. The molecule has 1 aliphatic heterocycles. The lowest BCUT2D eigenvalue weighted by Crippen LogP contribution is -2.59. The molecule has 0 radical (unpaired) electrons. The minimum atomic E-state index is -1.11. The number of carboxylic acids is 1. The van der Waals surface area contributed by atoms with Crippen molar-refractivity contribution in [2.75, 3.05) is 19.6 Å². The van der Waals surface area contributed by atoms with E-state index in [1.54, 1.807) is 36.4 Å². The number of aromatic nitrogens is 2. The summed E-state index contributed by atoms with van der Waals surface area (Å²) in [7, 11) is 0. The number of carbonyl (C=O) groups excluding carboxylic acids is 1. The van der Waals surface area contributed by atoms with E-state index in [0.29, 0.717) is 28.0 Å². The summed E-state index contributed by atoms with van der Waals surface area (Å²) in [5.74, 6) is -1.11. The molecule has 12 heteroatoms. The molecule has 0 bridgehead atoms. The van der Waals surface area contributed by atoms with Crippen molar-refractivity contribution in [3.05, 3.63) is 68.8 Å². The quantitative estimate of drug-likeness (QED) is 0.360. The maximum absolute atomic E-state index is 13.6. The highest BCUT2D eigenvalue weighted by atomic mass is 35.5. The summed E-state index contributed by atoms with van der Waals surface area (Å²) in [6, 6.07) is 13.2. The highest BCUT2D eigenvalue weighted by molar-refractivity contribution is 6.35. The molecule has 1 saturated heterocycles. The van der Waals surface area contributed by atoms with Crippen LogP contribution in [-0.2, 0) is 4.79 Å². The number of likely N-dealkylation sites (tertiary alicyclic amines) is 1. The van der Waals surface area contributed by atoms with Crippen LogP contribution in [0.25, 0.3) is 5.69 Å². The number of piperidine rings is 1. The van der Waals surface area contributed by atoms with E-state index in [0.717, 1.165) is 6.42 Å². The van der Waals surface area contributed by atoms with Gasteiger partial charge in [-0.3, -0.25) is 9.59 Å². The van der Waals surface area contributed by atoms with Gasteiger partial charge in [0.2, 0.25) is 5.88 Å². The number of halogens is 3. The standard InChI is InChI=1S/C26H24Cl3N5O4/c1-2-11-31-26(25(36)37)9-12-33(13-10-26)23(35)22-19(15-30)24(38-18-6-3-16(27)4-7-18)34(32-22)21-8-5-17(28)14-20(21)29/h3-8,14,31H,2,9-13H2,1H3,(H,36,37). The van der Waals surface area contributed by atoms with Crippen molar-refractivity contribution in [3.63, 3.8) is 0 Å². The van der Waals surface area contributed by atoms with E-state index >= 15 is 0 Å². The molecule has 1 aliphatic rings. The zero-order valence-corrected chi connectivity index (χ0v) is 22.6. The van der Waals surface area contributed by atoms with Gasteiger partial charge in [-0.05, 0) is 68.3 Å². The molecule has 3 aromatic rings. The van der Waals surface area contributed by atoms with Crippen LogP contribution in [0, 0.1) is 11.3 Å². The summed E-state index contributed by atoms with van der Waals surface area (Å²) in [5.41, 5.74) is -0.978. The Hall–Kier alpha value is -3.29. The first kappa shape index (κ1) is 27.7. The lowest BCUT2D eigenvalue weighted by Gasteiger charge is -2.39. The second-order valence-corrected chi connectivity index (χ2v) is 10.1. The molecular formula is C26H24Cl3N5O4. The van der Waals surface area contributed by atoms with E-state index < -0.39 is 17.4 Å². The minimum Gasteiger partial charge on any atom is -0.480 e. The maximum atomic E-state index is 13.6. The first-order chi connectivity index (χ1) is 18.2. The molecule has 0 unspecified atom stereocenters. The van der Waals surface area contributed by atoms with Crippen molar-refractivity contribution in [3.8, 4) is 23.4 Å². The van der Waals surface area contributed by atoms with Crippen molar-refractivity contribution >= 4 is 46.7 Å². The molecule has 198 valence electrons. The summed E-state index contributed by atoms with van der Waals surface area (Å²) >= 11 is 18.5. The fourth-order valence-corrected chi connectivity index (χ4v) is 4.86. The number of hydrogen-bond donors (Lipinski definition) is 2. The topological polar surface area (TPSA) is 120 Å². The van der Waals surface area contributed by atoms with Crippen LogP contribution >= 0.6 is 34.8 Å². The number of carboxylic acid groups (broad SMARTS) is 1. The first-order valence-electron chi connectivity index (χ1n) is 11.9. The molecule has 1 amide bonds. The van der Waals surface area contributed by atoms with Crippen molar-refractivity contribution in [1.29, 1.82) is 5.26 Å². The average Bonchev–Trinajstić information content (AvgIpc) is 3.26. The van der Waals surface area contributed by atoms with E-state index in [1.807, 2.05) is 13.0 Å². The summed E-state index contributed by atoms with van der Waals surface area (Å²) in [4.78, 5) is 27.1. The van der Waals surface area contributed by atoms with Gasteiger partial charge in [0.15, 0.2) is 5.69 Å². The van der Waals surface area contributed by atoms with Crippen molar-refractivity contribution < 1.29 is 19.4 Å². The van der Waals surface area contributed by atoms with Gasteiger partial charge in [-0.1, -0.05) is 41.7 Å². The molecule has 4 rings (SSSR count). The predicted molar refractivity (Wildman–Crippen MR) is 144 cm³/mol. The molecule has 0 aliphatic carbocycles. The number of rotatable bonds is 8. The molecule has 2 aromatic carbocycles. The van der Waals surface area contributed by atoms with Crippen molar-refractivity contribution in [2.45, 2.75) is 31.7 Å². The van der Waals surface area contributed by atoms with Gasteiger partial charge in [0.1, 0.15) is 22.9 Å². The molecule has 0 saturated carbocycles. The average molecular weight is 577 g/mol. The largest absolute Gasteiger partial charge is 0.480 e. The van der Waals surface area contributed by atoms with Gasteiger partial charge in [0.25, 0.3) is 5.91 Å². The van der Waals surface area contributed by atoms with Gasteiger partial charge in [-0.2, -0.15) is 15.0 Å². The van der Waals surface area contributed by atoms with Gasteiger partial charge in [0.05, 0.1) is 10.7 Å². The highest BCUT2D eigenvalue weighted by Crippen LogP contribution is 2.35. The molecule has 0 spiro atoms. The highest BCUT2D eigenvalue weighted by Gasteiger charge is 2.43. The second-order valence-electron chi connectivity index (χ2n) is 8.81. The SMILES string of the molecule is CCCNC1(C(=O)O)CCN(C(=O)c2nn(-c3ccc(Cl)cc3Cl)c(Oc3ccc(Cl)cc3)c2C#N)CC1. The van der Waals surface area contributed by atoms with Gasteiger partial charge < -0.3 is 20.1 Å². The van der Waals surface area contributed by atoms with E-state index in [2.05, 4.69) is 10.4 Å². The number of hydrogen-bond acceptors (Lipinski definition) is 6. The van der Waals surface area contributed by atoms with E-state index in [4.69, 9.17) is 39.5 Å². The predicted octanol–water partition coefficient (Wildman–Crippen LogP) is 5.56. The van der Waals surface area contributed by atoms with Gasteiger partial charge in [0, 0.05) is 23.1 Å². The Balaban J connectivity index is 1.72. The van der Waals surface area contributed by atoms with Crippen LogP contribution in [0.15, 0.2) is 42.5 Å². The summed E-state index contributed by atoms with van der Waals surface area (Å²) in [6.45, 7) is 2.86. The Labute approximate surface area is 234 Å². The number of nitrogens with one attached hydrogen (secondary N) is 1. The lowest BCUT2D eigenvalue weighted by molar-refractivity contribution is -0.146. The summed E-state index contributed by atoms with van der Waals surface area (Å²) < 4.78 is 7.31. The van der Waals surface area contributed by atoms with Gasteiger partial charge in [-0.15, -0.1) is 0 Å². The van der Waals surface area contributed by atoms with Crippen LogP contribution in [0.4, 0.5) is 0 Å². The third-order valence-electron chi connectivity index (χ3n) is 6.35. The lowest BCUT2D eigenvalue weighted by atomic mass is 9.87. The second kappa shape index (κ2) is 11.6. The van der Waals surface area contributed by atoms with Crippen LogP contribution in [0.2, 0.25) is 15.1 Å². The third-order valence-corrected chi connectivity index (χ3v) is 7.14. The minimum absolute atomic E-state index is 0.0103. The van der Waals surface area contributed by atoms with Gasteiger partial charge in [-0.25, -0.2) is 0 Å². The number of nitriles is 1. The fourth-order valence-electron chi connectivity index (χ4n) is 4.25. The molecule has 2 N–H and O–H groups in total. The van der Waals surface area contributed by atoms with Crippen LogP contribution in [-0.4, -0.2) is 56.8 Å². The smallest absolute Gasteiger partial charge is 0.324 e. The Kier molecular flexibility index (Phi) is 8.48.